The monoisotopic (exact) mass is 277 g/mol. The van der Waals surface area contributed by atoms with Crippen LogP contribution in [0.3, 0.4) is 0 Å². The van der Waals surface area contributed by atoms with E-state index in [1.165, 1.54) is 0 Å². The van der Waals surface area contributed by atoms with Crippen molar-refractivity contribution < 1.29 is 14.3 Å². The standard InChI is InChI=1S/C13H27NO3S/c1-12(2)13(15)14(3)6-8-17-10-9-16-7-5-11-18-4/h12H,5-11H2,1-4H3. The third-order valence-corrected chi connectivity index (χ3v) is 3.15. The average molecular weight is 277 g/mol. The molecule has 0 heterocycles. The molecule has 18 heavy (non-hydrogen) atoms. The molecule has 0 aliphatic carbocycles. The topological polar surface area (TPSA) is 38.8 Å². The van der Waals surface area contributed by atoms with Crippen LogP contribution in [0.1, 0.15) is 20.3 Å². The summed E-state index contributed by atoms with van der Waals surface area (Å²) in [6, 6.07) is 0. The first-order valence-corrected chi connectivity index (χ1v) is 7.88. The SMILES string of the molecule is CSCCCOCCOCCN(C)C(=O)C(C)C. The Morgan fingerprint density at radius 1 is 1.17 bits per heavy atom. The van der Waals surface area contributed by atoms with Gasteiger partial charge >= 0.3 is 0 Å². The highest BCUT2D eigenvalue weighted by molar-refractivity contribution is 7.98. The molecule has 0 rings (SSSR count). The number of hydrogen-bond donors (Lipinski definition) is 0. The zero-order valence-electron chi connectivity index (χ0n) is 12.1. The zero-order valence-corrected chi connectivity index (χ0v) is 12.9. The largest absolute Gasteiger partial charge is 0.379 e. The summed E-state index contributed by atoms with van der Waals surface area (Å²) in [5.74, 6) is 1.35. The molecule has 0 aliphatic heterocycles. The molecule has 0 saturated carbocycles. The van der Waals surface area contributed by atoms with Crippen LogP contribution in [0.15, 0.2) is 0 Å². The van der Waals surface area contributed by atoms with Crippen LogP contribution in [-0.4, -0.2) is 62.8 Å². The van der Waals surface area contributed by atoms with Gasteiger partial charge < -0.3 is 14.4 Å². The van der Waals surface area contributed by atoms with Crippen molar-refractivity contribution in [2.24, 2.45) is 5.92 Å². The lowest BCUT2D eigenvalue weighted by Crippen LogP contribution is -2.33. The lowest BCUT2D eigenvalue weighted by molar-refractivity contribution is -0.133. The molecular formula is C13H27NO3S. The Morgan fingerprint density at radius 2 is 1.78 bits per heavy atom. The van der Waals surface area contributed by atoms with Gasteiger partial charge in [0.2, 0.25) is 5.91 Å². The third kappa shape index (κ3) is 9.74. The van der Waals surface area contributed by atoms with Gasteiger partial charge in [0.15, 0.2) is 0 Å². The van der Waals surface area contributed by atoms with Crippen LogP contribution in [0, 0.1) is 5.92 Å². The molecule has 0 saturated heterocycles. The summed E-state index contributed by atoms with van der Waals surface area (Å²) in [5, 5.41) is 0. The molecule has 0 aliphatic rings. The summed E-state index contributed by atoms with van der Waals surface area (Å²) >= 11 is 1.83. The number of rotatable bonds is 11. The van der Waals surface area contributed by atoms with Crippen LogP contribution < -0.4 is 0 Å². The number of amides is 1. The maximum atomic E-state index is 11.6. The van der Waals surface area contributed by atoms with E-state index in [1.807, 2.05) is 32.7 Å². The van der Waals surface area contributed by atoms with Crippen LogP contribution in [-0.2, 0) is 14.3 Å². The van der Waals surface area contributed by atoms with E-state index in [-0.39, 0.29) is 11.8 Å². The van der Waals surface area contributed by atoms with E-state index in [0.717, 1.165) is 18.8 Å². The van der Waals surface area contributed by atoms with Crippen LogP contribution in [0.25, 0.3) is 0 Å². The molecule has 0 spiro atoms. The van der Waals surface area contributed by atoms with Gasteiger partial charge in [-0.1, -0.05) is 13.8 Å². The van der Waals surface area contributed by atoms with Gasteiger partial charge in [-0.05, 0) is 18.4 Å². The Labute approximate surface area is 115 Å². The molecule has 0 atom stereocenters. The number of hydrogen-bond acceptors (Lipinski definition) is 4. The third-order valence-electron chi connectivity index (χ3n) is 2.45. The van der Waals surface area contributed by atoms with E-state index >= 15 is 0 Å². The normalized spacial score (nSPS) is 10.9. The van der Waals surface area contributed by atoms with E-state index < -0.39 is 0 Å². The summed E-state index contributed by atoms with van der Waals surface area (Å²) in [5.41, 5.74) is 0. The van der Waals surface area contributed by atoms with Crippen molar-refractivity contribution in [3.05, 3.63) is 0 Å². The fraction of sp³-hybridized carbons (Fsp3) is 0.923. The van der Waals surface area contributed by atoms with Gasteiger partial charge in [-0.2, -0.15) is 11.8 Å². The highest BCUT2D eigenvalue weighted by Gasteiger charge is 2.11. The molecule has 0 bridgehead atoms. The first kappa shape index (κ1) is 17.7. The van der Waals surface area contributed by atoms with Gasteiger partial charge in [0.25, 0.3) is 0 Å². The van der Waals surface area contributed by atoms with Crippen molar-refractivity contribution in [1.82, 2.24) is 4.90 Å². The van der Waals surface area contributed by atoms with Crippen molar-refractivity contribution >= 4 is 17.7 Å². The Morgan fingerprint density at radius 3 is 2.33 bits per heavy atom. The predicted octanol–water partition coefficient (Wildman–Crippen LogP) is 1.89. The van der Waals surface area contributed by atoms with Gasteiger partial charge in [0, 0.05) is 26.1 Å². The number of likely N-dealkylation sites (N-methyl/N-ethyl adjacent to an activating group) is 1. The minimum absolute atomic E-state index is 0.0507. The Balaban J connectivity index is 3.27. The highest BCUT2D eigenvalue weighted by atomic mass is 32.2. The van der Waals surface area contributed by atoms with Gasteiger partial charge in [0.05, 0.1) is 19.8 Å². The number of nitrogens with zero attached hydrogens (tertiary/aromatic N) is 1. The van der Waals surface area contributed by atoms with Crippen LogP contribution in [0.2, 0.25) is 0 Å². The second-order valence-corrected chi connectivity index (χ2v) is 5.47. The van der Waals surface area contributed by atoms with Gasteiger partial charge in [0.1, 0.15) is 0 Å². The first-order valence-electron chi connectivity index (χ1n) is 6.49. The summed E-state index contributed by atoms with van der Waals surface area (Å²) in [6.07, 6.45) is 3.19. The Hall–Kier alpha value is -0.260. The minimum atomic E-state index is 0.0507. The van der Waals surface area contributed by atoms with E-state index in [4.69, 9.17) is 9.47 Å². The molecule has 0 radical (unpaired) electrons. The van der Waals surface area contributed by atoms with Crippen molar-refractivity contribution in [3.63, 3.8) is 0 Å². The zero-order chi connectivity index (χ0) is 13.8. The Kier molecular flexibility index (Phi) is 11.6. The van der Waals surface area contributed by atoms with Crippen LogP contribution in [0.4, 0.5) is 0 Å². The Bertz CT molecular complexity index is 212. The molecule has 1 amide bonds. The van der Waals surface area contributed by atoms with Crippen molar-refractivity contribution in [2.75, 3.05) is 52.0 Å². The van der Waals surface area contributed by atoms with Gasteiger partial charge in [-0.3, -0.25) is 4.79 Å². The first-order chi connectivity index (χ1) is 8.59. The maximum absolute atomic E-state index is 11.6. The van der Waals surface area contributed by atoms with Gasteiger partial charge in [-0.15, -0.1) is 0 Å². The smallest absolute Gasteiger partial charge is 0.224 e. The van der Waals surface area contributed by atoms with Crippen LogP contribution >= 0.6 is 11.8 Å². The fourth-order valence-corrected chi connectivity index (χ4v) is 1.79. The molecule has 0 aromatic rings. The summed E-state index contributed by atoms with van der Waals surface area (Å²) in [7, 11) is 1.81. The summed E-state index contributed by atoms with van der Waals surface area (Å²) in [6.45, 7) is 7.06. The van der Waals surface area contributed by atoms with Crippen molar-refractivity contribution in [3.8, 4) is 0 Å². The van der Waals surface area contributed by atoms with E-state index in [2.05, 4.69) is 6.26 Å². The molecule has 108 valence electrons. The highest BCUT2D eigenvalue weighted by Crippen LogP contribution is 1.98. The molecule has 0 aromatic heterocycles. The lowest BCUT2D eigenvalue weighted by Gasteiger charge is -2.19. The molecule has 0 fully saturated rings. The number of carbonyl (C=O) groups excluding carboxylic acids is 1. The summed E-state index contributed by atoms with van der Waals surface area (Å²) < 4.78 is 10.8. The molecule has 4 nitrogen and oxygen atoms in total. The predicted molar refractivity (Wildman–Crippen MR) is 77.1 cm³/mol. The molecule has 0 unspecified atom stereocenters. The molecule has 0 aromatic carbocycles. The quantitative estimate of drug-likeness (QED) is 0.541. The molecule has 0 N–H and O–H groups in total. The average Bonchev–Trinajstić information content (AvgIpc) is 2.35. The minimum Gasteiger partial charge on any atom is -0.379 e. The van der Waals surface area contributed by atoms with Gasteiger partial charge in [-0.25, -0.2) is 0 Å². The second-order valence-electron chi connectivity index (χ2n) is 4.49. The maximum Gasteiger partial charge on any atom is 0.224 e. The van der Waals surface area contributed by atoms with E-state index in [9.17, 15) is 4.79 Å². The fourth-order valence-electron chi connectivity index (χ4n) is 1.38. The number of carbonyl (C=O) groups is 1. The van der Waals surface area contributed by atoms with Crippen molar-refractivity contribution in [2.45, 2.75) is 20.3 Å². The molecule has 5 heteroatoms. The number of thioether (sulfide) groups is 1. The van der Waals surface area contributed by atoms with E-state index in [1.54, 1.807) is 4.90 Å². The molecular weight excluding hydrogens is 250 g/mol. The summed E-state index contributed by atoms with van der Waals surface area (Å²) in [4.78, 5) is 13.3. The second kappa shape index (κ2) is 11.8. The van der Waals surface area contributed by atoms with Crippen LogP contribution in [0.5, 0.6) is 0 Å². The number of ether oxygens (including phenoxy) is 2. The van der Waals surface area contributed by atoms with E-state index in [0.29, 0.717) is 26.4 Å². The lowest BCUT2D eigenvalue weighted by atomic mass is 10.2. The van der Waals surface area contributed by atoms with Crippen molar-refractivity contribution in [1.29, 1.82) is 0 Å².